The third-order valence-corrected chi connectivity index (χ3v) is 6.13. The van der Waals surface area contributed by atoms with Gasteiger partial charge in [-0.3, -0.25) is 9.59 Å². The third kappa shape index (κ3) is 5.26. The molecule has 184 valence electrons. The second kappa shape index (κ2) is 10.1. The number of carbonyl (C=O) groups excluding carboxylic acids is 1. The molecular formula is C30H26N4O3. The predicted molar refractivity (Wildman–Crippen MR) is 146 cm³/mol. The van der Waals surface area contributed by atoms with Crippen molar-refractivity contribution >= 4 is 34.1 Å². The van der Waals surface area contributed by atoms with E-state index in [0.29, 0.717) is 28.1 Å². The molecule has 2 heterocycles. The molecule has 0 aliphatic carbocycles. The van der Waals surface area contributed by atoms with Gasteiger partial charge >= 0.3 is 0 Å². The van der Waals surface area contributed by atoms with Crippen molar-refractivity contribution in [3.8, 4) is 11.3 Å². The highest BCUT2D eigenvalue weighted by Crippen LogP contribution is 2.26. The number of rotatable bonds is 6. The van der Waals surface area contributed by atoms with Gasteiger partial charge in [-0.25, -0.2) is 9.97 Å². The van der Waals surface area contributed by atoms with Gasteiger partial charge in [-0.05, 0) is 62.2 Å². The largest absolute Gasteiger partial charge is 0.456 e. The van der Waals surface area contributed by atoms with Gasteiger partial charge in [0.2, 0.25) is 0 Å². The van der Waals surface area contributed by atoms with Gasteiger partial charge in [-0.2, -0.15) is 0 Å². The van der Waals surface area contributed by atoms with E-state index in [1.54, 1.807) is 30.3 Å². The fraction of sp³-hybridized carbons (Fsp3) is 0.133. The second-order valence-electron chi connectivity index (χ2n) is 8.90. The summed E-state index contributed by atoms with van der Waals surface area (Å²) in [7, 11) is 0. The molecule has 7 heteroatoms. The SMILES string of the molecule is CCc1ccc(Nc2cc(C)ncn2)cc1NC(=O)c1ccc(-c2cc(=O)c3cc(C)ccc3o2)cc1. The minimum atomic E-state index is -0.230. The normalized spacial score (nSPS) is 10.9. The summed E-state index contributed by atoms with van der Waals surface area (Å²) in [5.74, 6) is 0.909. The quantitative estimate of drug-likeness (QED) is 0.285. The van der Waals surface area contributed by atoms with Gasteiger partial charge in [0, 0.05) is 40.3 Å². The Morgan fingerprint density at radius 2 is 1.73 bits per heavy atom. The molecule has 0 spiro atoms. The Morgan fingerprint density at radius 1 is 0.919 bits per heavy atom. The number of nitrogens with zero attached hydrogens (tertiary/aromatic N) is 2. The summed E-state index contributed by atoms with van der Waals surface area (Å²) >= 11 is 0. The molecule has 0 bridgehead atoms. The van der Waals surface area contributed by atoms with Crippen LogP contribution in [0.15, 0.2) is 88.3 Å². The number of anilines is 3. The van der Waals surface area contributed by atoms with Crippen molar-refractivity contribution in [1.82, 2.24) is 9.97 Å². The molecule has 7 nitrogen and oxygen atoms in total. The molecule has 0 unspecified atom stereocenters. The van der Waals surface area contributed by atoms with Gasteiger partial charge in [0.1, 0.15) is 23.5 Å². The highest BCUT2D eigenvalue weighted by atomic mass is 16.3. The van der Waals surface area contributed by atoms with Crippen molar-refractivity contribution in [2.45, 2.75) is 27.2 Å². The van der Waals surface area contributed by atoms with Crippen LogP contribution in [-0.2, 0) is 6.42 Å². The van der Waals surface area contributed by atoms with E-state index < -0.39 is 0 Å². The van der Waals surface area contributed by atoms with Crippen molar-refractivity contribution < 1.29 is 9.21 Å². The molecule has 0 fully saturated rings. The highest BCUT2D eigenvalue weighted by Gasteiger charge is 2.12. The summed E-state index contributed by atoms with van der Waals surface area (Å²) in [6, 6.07) is 21.7. The Morgan fingerprint density at radius 3 is 2.49 bits per heavy atom. The first-order valence-electron chi connectivity index (χ1n) is 12.0. The van der Waals surface area contributed by atoms with Gasteiger partial charge in [-0.15, -0.1) is 0 Å². The van der Waals surface area contributed by atoms with Gasteiger partial charge < -0.3 is 15.1 Å². The molecule has 0 saturated heterocycles. The van der Waals surface area contributed by atoms with Gasteiger partial charge in [0.05, 0.1) is 5.39 Å². The summed E-state index contributed by atoms with van der Waals surface area (Å²) in [5, 5.41) is 6.84. The van der Waals surface area contributed by atoms with Crippen molar-refractivity contribution in [2.24, 2.45) is 0 Å². The van der Waals surface area contributed by atoms with Crippen LogP contribution >= 0.6 is 0 Å². The Labute approximate surface area is 214 Å². The van der Waals surface area contributed by atoms with E-state index in [1.807, 2.05) is 57.2 Å². The van der Waals surface area contributed by atoms with Crippen LogP contribution < -0.4 is 16.1 Å². The molecule has 1 amide bonds. The number of benzene rings is 3. The monoisotopic (exact) mass is 490 g/mol. The maximum Gasteiger partial charge on any atom is 0.255 e. The smallest absolute Gasteiger partial charge is 0.255 e. The summed E-state index contributed by atoms with van der Waals surface area (Å²) in [6.45, 7) is 5.88. The van der Waals surface area contributed by atoms with E-state index in [9.17, 15) is 9.59 Å². The van der Waals surface area contributed by atoms with Crippen LogP contribution in [0.3, 0.4) is 0 Å². The van der Waals surface area contributed by atoms with Gasteiger partial charge in [0.15, 0.2) is 5.43 Å². The van der Waals surface area contributed by atoms with E-state index in [4.69, 9.17) is 4.42 Å². The maximum atomic E-state index is 13.1. The lowest BCUT2D eigenvalue weighted by molar-refractivity contribution is 0.102. The molecular weight excluding hydrogens is 464 g/mol. The zero-order chi connectivity index (χ0) is 25.9. The Hall–Kier alpha value is -4.78. The van der Waals surface area contributed by atoms with Gasteiger partial charge in [-0.1, -0.05) is 36.8 Å². The lowest BCUT2D eigenvalue weighted by atomic mass is 10.1. The fourth-order valence-electron chi connectivity index (χ4n) is 4.14. The van der Waals surface area contributed by atoms with Gasteiger partial charge in [0.25, 0.3) is 5.91 Å². The molecule has 3 aromatic carbocycles. The average molecular weight is 491 g/mol. The number of amides is 1. The van der Waals surface area contributed by atoms with Crippen molar-refractivity contribution in [2.75, 3.05) is 10.6 Å². The van der Waals surface area contributed by atoms with Crippen LogP contribution in [-0.4, -0.2) is 15.9 Å². The minimum absolute atomic E-state index is 0.0977. The molecule has 37 heavy (non-hydrogen) atoms. The third-order valence-electron chi connectivity index (χ3n) is 6.13. The van der Waals surface area contributed by atoms with E-state index >= 15 is 0 Å². The van der Waals surface area contributed by atoms with Crippen molar-refractivity contribution in [3.05, 3.63) is 112 Å². The van der Waals surface area contributed by atoms with Crippen LogP contribution in [0.25, 0.3) is 22.3 Å². The van der Waals surface area contributed by atoms with E-state index in [2.05, 4.69) is 20.6 Å². The van der Waals surface area contributed by atoms with Crippen LogP contribution in [0.4, 0.5) is 17.2 Å². The second-order valence-corrected chi connectivity index (χ2v) is 8.90. The molecule has 0 atom stereocenters. The molecule has 0 radical (unpaired) electrons. The standard InChI is InChI=1S/C30H26N4O3/c1-4-20-10-11-23(33-29-14-19(3)31-17-32-29)15-25(20)34-30(36)22-8-6-21(7-9-22)28-16-26(35)24-13-18(2)5-12-27(24)37-28/h5-17H,4H2,1-3H3,(H,34,36)(H,31,32,33). The first-order valence-corrected chi connectivity index (χ1v) is 12.0. The zero-order valence-corrected chi connectivity index (χ0v) is 20.8. The Balaban J connectivity index is 1.36. The first-order chi connectivity index (χ1) is 17.9. The molecule has 2 N–H and O–H groups in total. The number of hydrogen-bond acceptors (Lipinski definition) is 6. The lowest BCUT2D eigenvalue weighted by Gasteiger charge is -2.13. The first kappa shape index (κ1) is 23.9. The number of hydrogen-bond donors (Lipinski definition) is 2. The maximum absolute atomic E-state index is 13.1. The van der Waals surface area contributed by atoms with Crippen LogP contribution in [0.2, 0.25) is 0 Å². The number of carbonyl (C=O) groups is 1. The highest BCUT2D eigenvalue weighted by molar-refractivity contribution is 6.05. The average Bonchev–Trinajstić information content (AvgIpc) is 2.89. The summed E-state index contributed by atoms with van der Waals surface area (Å²) in [6.07, 6.45) is 2.27. The number of nitrogens with one attached hydrogen (secondary N) is 2. The molecule has 5 rings (SSSR count). The number of fused-ring (bicyclic) bond motifs is 1. The van der Waals surface area contributed by atoms with Crippen molar-refractivity contribution in [3.63, 3.8) is 0 Å². The van der Waals surface area contributed by atoms with Crippen LogP contribution in [0.5, 0.6) is 0 Å². The van der Waals surface area contributed by atoms with Crippen LogP contribution in [0, 0.1) is 13.8 Å². The topological polar surface area (TPSA) is 97.1 Å². The molecule has 2 aromatic heterocycles. The fourth-order valence-corrected chi connectivity index (χ4v) is 4.14. The molecule has 0 saturated carbocycles. The van der Waals surface area contributed by atoms with E-state index in [0.717, 1.165) is 40.2 Å². The summed E-state index contributed by atoms with van der Waals surface area (Å²) in [5.41, 5.74) is 6.06. The minimum Gasteiger partial charge on any atom is -0.456 e. The Bertz CT molecular complexity index is 1670. The molecule has 5 aromatic rings. The number of aryl methyl sites for hydroxylation is 3. The zero-order valence-electron chi connectivity index (χ0n) is 20.8. The van der Waals surface area contributed by atoms with E-state index in [-0.39, 0.29) is 11.3 Å². The van der Waals surface area contributed by atoms with Crippen LogP contribution in [0.1, 0.15) is 34.1 Å². The summed E-state index contributed by atoms with van der Waals surface area (Å²) in [4.78, 5) is 34.0. The van der Waals surface area contributed by atoms with Crippen molar-refractivity contribution in [1.29, 1.82) is 0 Å². The molecule has 0 aliphatic rings. The Kier molecular flexibility index (Phi) is 6.51. The molecule has 0 aliphatic heterocycles. The summed E-state index contributed by atoms with van der Waals surface area (Å²) < 4.78 is 5.96. The number of aromatic nitrogens is 2. The van der Waals surface area contributed by atoms with E-state index in [1.165, 1.54) is 12.4 Å². The lowest BCUT2D eigenvalue weighted by Crippen LogP contribution is -2.13. The predicted octanol–water partition coefficient (Wildman–Crippen LogP) is 6.43.